The van der Waals surface area contributed by atoms with Crippen LogP contribution in [0.2, 0.25) is 0 Å². The lowest BCUT2D eigenvalue weighted by Crippen LogP contribution is -2.48. The zero-order chi connectivity index (χ0) is 10.3. The van der Waals surface area contributed by atoms with Crippen LogP contribution >= 0.6 is 0 Å². The first kappa shape index (κ1) is 13.2. The molecule has 0 saturated heterocycles. The Morgan fingerprint density at radius 1 is 1.38 bits per heavy atom. The second kappa shape index (κ2) is 6.63. The van der Waals surface area contributed by atoms with Crippen LogP contribution in [0.1, 0.15) is 19.8 Å². The Balaban J connectivity index is 4.14. The Bertz CT molecular complexity index is 161. The van der Waals surface area contributed by atoms with Crippen LogP contribution in [-0.4, -0.2) is 37.5 Å². The Morgan fingerprint density at radius 3 is 2.23 bits per heavy atom. The van der Waals surface area contributed by atoms with E-state index in [9.17, 15) is 4.21 Å². The maximum Gasteiger partial charge on any atom is 0.633 e. The third-order valence-corrected chi connectivity index (χ3v) is 6.11. The molecule has 5 nitrogen and oxygen atoms in total. The smallest absolute Gasteiger partial charge is 0.366 e. The molecule has 0 aromatic carbocycles. The number of hydrogen-bond donors (Lipinski definition) is 1. The molecule has 0 aliphatic heterocycles. The van der Waals surface area contributed by atoms with E-state index in [0.717, 1.165) is 12.8 Å². The second-order valence-corrected chi connectivity index (χ2v) is 7.51. The van der Waals surface area contributed by atoms with E-state index in [4.69, 9.17) is 17.8 Å². The lowest BCUT2D eigenvalue weighted by atomic mass is 10.4. The molecule has 0 radical (unpaired) electrons. The van der Waals surface area contributed by atoms with Crippen molar-refractivity contribution in [2.24, 2.45) is 0 Å². The van der Waals surface area contributed by atoms with Crippen molar-refractivity contribution in [1.29, 1.82) is 0 Å². The molecule has 0 heterocycles. The van der Waals surface area contributed by atoms with Crippen molar-refractivity contribution in [3.8, 4) is 0 Å². The van der Waals surface area contributed by atoms with Gasteiger partial charge in [0, 0.05) is 20.8 Å². The van der Waals surface area contributed by atoms with Gasteiger partial charge in [-0.1, -0.05) is 13.3 Å². The van der Waals surface area contributed by atoms with E-state index in [1.807, 2.05) is 6.92 Å². The van der Waals surface area contributed by atoms with Gasteiger partial charge in [-0.05, 0) is 6.42 Å². The minimum absolute atomic E-state index is 0.386. The highest BCUT2D eigenvalue weighted by Gasteiger charge is 2.48. The molecule has 0 aromatic rings. The van der Waals surface area contributed by atoms with Gasteiger partial charge in [-0.15, -0.1) is 0 Å². The lowest BCUT2D eigenvalue weighted by molar-refractivity contribution is 0.119. The van der Waals surface area contributed by atoms with Gasteiger partial charge >= 0.3 is 7.95 Å². The normalized spacial score (nSPS) is 14.5. The van der Waals surface area contributed by atoms with Gasteiger partial charge < -0.3 is 17.8 Å². The van der Waals surface area contributed by atoms with Crippen LogP contribution in [0.3, 0.4) is 0 Å². The fraction of sp³-hybridized carbons (Fsp3) is 1.00. The van der Waals surface area contributed by atoms with Crippen molar-refractivity contribution in [2.75, 3.05) is 20.8 Å². The molecule has 1 atom stereocenters. The molecule has 0 amide bonds. The summed E-state index contributed by atoms with van der Waals surface area (Å²) in [5, 5.41) is 0. The average Bonchev–Trinajstić information content (AvgIpc) is 2.13. The van der Waals surface area contributed by atoms with Crippen LogP contribution < -0.4 is 0 Å². The van der Waals surface area contributed by atoms with Crippen LogP contribution in [0.25, 0.3) is 0 Å². The van der Waals surface area contributed by atoms with E-state index >= 15 is 0 Å². The van der Waals surface area contributed by atoms with Gasteiger partial charge in [0.05, 0.1) is 0 Å². The highest BCUT2D eigenvalue weighted by atomic mass is 32.4. The summed E-state index contributed by atoms with van der Waals surface area (Å²) in [4.78, 5) is 0. The molecule has 0 spiro atoms. The Kier molecular flexibility index (Phi) is 6.74. The van der Waals surface area contributed by atoms with E-state index in [1.54, 1.807) is 0 Å². The van der Waals surface area contributed by atoms with Gasteiger partial charge in [-0.25, -0.2) is 4.21 Å². The molecule has 0 saturated carbocycles. The van der Waals surface area contributed by atoms with Gasteiger partial charge in [0.15, 0.2) is 0 Å². The second-order valence-electron chi connectivity index (χ2n) is 2.36. The van der Waals surface area contributed by atoms with Crippen molar-refractivity contribution in [3.05, 3.63) is 0 Å². The zero-order valence-electron chi connectivity index (χ0n) is 8.11. The van der Waals surface area contributed by atoms with Crippen LogP contribution in [0, 0.1) is 0 Å². The van der Waals surface area contributed by atoms with Crippen LogP contribution in [0.4, 0.5) is 0 Å². The molecule has 0 fully saturated rings. The summed E-state index contributed by atoms with van der Waals surface area (Å²) in [5.74, 6) is 0. The fourth-order valence-electron chi connectivity index (χ4n) is 0.736. The van der Waals surface area contributed by atoms with Gasteiger partial charge in [0.1, 0.15) is 0 Å². The van der Waals surface area contributed by atoms with Gasteiger partial charge in [0.25, 0.3) is 0 Å². The molecular formula is C6H16O5SSi. The van der Waals surface area contributed by atoms with Crippen LogP contribution in [-0.2, 0) is 23.8 Å². The van der Waals surface area contributed by atoms with Gasteiger partial charge in [-0.3, -0.25) is 0 Å². The SMILES string of the molecule is CCCCO[Si](OC)(OC)S(=O)O. The monoisotopic (exact) mass is 228 g/mol. The van der Waals surface area contributed by atoms with Crippen molar-refractivity contribution >= 4 is 18.5 Å². The molecule has 0 aliphatic rings. The standard InChI is InChI=1S/C6H16O5SSi/c1-4-5-6-11-13(9-2,10-3)12(7)8/h4-6H2,1-3H3,(H,7,8). The molecule has 0 rings (SSSR count). The highest BCUT2D eigenvalue weighted by Crippen LogP contribution is 2.11. The largest absolute Gasteiger partial charge is 0.633 e. The number of rotatable bonds is 7. The van der Waals surface area contributed by atoms with Gasteiger partial charge in [-0.2, -0.15) is 0 Å². The Hall–Kier alpha value is 0.207. The van der Waals surface area contributed by atoms with E-state index in [-0.39, 0.29) is 0 Å². The van der Waals surface area contributed by atoms with E-state index in [2.05, 4.69) is 0 Å². The zero-order valence-corrected chi connectivity index (χ0v) is 9.93. The maximum atomic E-state index is 10.9. The summed E-state index contributed by atoms with van der Waals surface area (Å²) in [6.07, 6.45) is 1.77. The first-order valence-electron chi connectivity index (χ1n) is 3.98. The third kappa shape index (κ3) is 3.84. The minimum atomic E-state index is -3.33. The van der Waals surface area contributed by atoms with Crippen molar-refractivity contribution < 1.29 is 22.0 Å². The molecule has 0 aromatic heterocycles. The predicted octanol–water partition coefficient (Wildman–Crippen LogP) is 0.753. The summed E-state index contributed by atoms with van der Waals surface area (Å²) in [5.41, 5.74) is 0. The number of hydrogen-bond acceptors (Lipinski definition) is 4. The molecule has 1 N–H and O–H groups in total. The summed E-state index contributed by atoms with van der Waals surface area (Å²) >= 11 is 0. The summed E-state index contributed by atoms with van der Waals surface area (Å²) in [6, 6.07) is 0. The third-order valence-electron chi connectivity index (χ3n) is 1.49. The predicted molar refractivity (Wildman–Crippen MR) is 51.4 cm³/mol. The van der Waals surface area contributed by atoms with E-state index < -0.39 is 18.5 Å². The molecule has 0 aliphatic carbocycles. The molecule has 1 unspecified atom stereocenters. The highest BCUT2D eigenvalue weighted by molar-refractivity contribution is 8.10. The number of unbranched alkanes of at least 4 members (excludes halogenated alkanes) is 1. The lowest BCUT2D eigenvalue weighted by Gasteiger charge is -2.21. The topological polar surface area (TPSA) is 65.0 Å². The fourth-order valence-corrected chi connectivity index (χ4v) is 3.33. The average molecular weight is 228 g/mol. The molecule has 0 bridgehead atoms. The first-order valence-corrected chi connectivity index (χ1v) is 7.53. The summed E-state index contributed by atoms with van der Waals surface area (Å²) in [6.45, 7) is 2.39. The van der Waals surface area contributed by atoms with E-state index in [1.165, 1.54) is 14.2 Å². The quantitative estimate of drug-likeness (QED) is 0.396. The Labute approximate surface area is 81.7 Å². The minimum Gasteiger partial charge on any atom is -0.366 e. The molecular weight excluding hydrogens is 212 g/mol. The molecule has 13 heavy (non-hydrogen) atoms. The molecule has 80 valence electrons. The summed E-state index contributed by atoms with van der Waals surface area (Å²) < 4.78 is 34.6. The summed E-state index contributed by atoms with van der Waals surface area (Å²) in [7, 11) is -2.89. The maximum absolute atomic E-state index is 10.9. The van der Waals surface area contributed by atoms with Crippen molar-refractivity contribution in [1.82, 2.24) is 0 Å². The Morgan fingerprint density at radius 2 is 1.92 bits per heavy atom. The molecule has 7 heteroatoms. The van der Waals surface area contributed by atoms with Crippen molar-refractivity contribution in [3.63, 3.8) is 0 Å². The van der Waals surface area contributed by atoms with Gasteiger partial charge in [0.2, 0.25) is 10.5 Å². The van der Waals surface area contributed by atoms with E-state index in [0.29, 0.717) is 6.61 Å². The van der Waals surface area contributed by atoms with Crippen LogP contribution in [0.15, 0.2) is 0 Å². The van der Waals surface area contributed by atoms with Crippen LogP contribution in [0.5, 0.6) is 0 Å². The first-order chi connectivity index (χ1) is 6.13. The van der Waals surface area contributed by atoms with Crippen molar-refractivity contribution in [2.45, 2.75) is 19.8 Å².